The predicted molar refractivity (Wildman–Crippen MR) is 165 cm³/mol. The normalized spacial score (nSPS) is 20.3. The van der Waals surface area contributed by atoms with Gasteiger partial charge in [0.05, 0.1) is 11.3 Å². The van der Waals surface area contributed by atoms with Crippen LogP contribution in [0.1, 0.15) is 65.6 Å². The van der Waals surface area contributed by atoms with Gasteiger partial charge in [0.25, 0.3) is 15.9 Å². The summed E-state index contributed by atoms with van der Waals surface area (Å²) in [6.07, 6.45) is 2.46. The summed E-state index contributed by atoms with van der Waals surface area (Å²) in [4.78, 5) is 44.4. The first-order valence-corrected chi connectivity index (χ1v) is 16.8. The smallest absolute Gasteiger partial charge is 0.273 e. The number of carbonyl (C=O) groups is 3. The van der Waals surface area contributed by atoms with E-state index in [2.05, 4.69) is 30.8 Å². The van der Waals surface area contributed by atoms with Crippen molar-refractivity contribution in [2.24, 2.45) is 0 Å². The maximum absolute atomic E-state index is 13.5. The van der Waals surface area contributed by atoms with E-state index in [0.29, 0.717) is 29.2 Å². The van der Waals surface area contributed by atoms with Crippen LogP contribution in [0.4, 0.5) is 0 Å². The largest absolute Gasteiger partial charge is 0.446 e. The number of hydrogen-bond acceptors (Lipinski definition) is 10. The second-order valence-corrected chi connectivity index (χ2v) is 13.8. The number of nitrogens with one attached hydrogen (secondary N) is 4. The van der Waals surface area contributed by atoms with E-state index in [4.69, 9.17) is 8.94 Å². The van der Waals surface area contributed by atoms with Crippen LogP contribution < -0.4 is 20.7 Å². The Bertz CT molecular complexity index is 1760. The van der Waals surface area contributed by atoms with Crippen molar-refractivity contribution >= 4 is 39.1 Å². The van der Waals surface area contributed by atoms with E-state index in [-0.39, 0.29) is 41.1 Å². The first kappa shape index (κ1) is 32.1. The van der Waals surface area contributed by atoms with Crippen LogP contribution in [0, 0.1) is 13.8 Å². The van der Waals surface area contributed by atoms with Crippen molar-refractivity contribution in [3.05, 3.63) is 77.3 Å². The van der Waals surface area contributed by atoms with Crippen LogP contribution in [0.5, 0.6) is 0 Å². The molecule has 1 aliphatic rings. The number of hydrogen-bond donors (Lipinski definition) is 4. The minimum atomic E-state index is -4.10. The van der Waals surface area contributed by atoms with Gasteiger partial charge in [0.1, 0.15) is 34.4 Å². The van der Waals surface area contributed by atoms with Gasteiger partial charge in [0.2, 0.25) is 17.7 Å². The second kappa shape index (κ2) is 13.7. The molecule has 0 spiro atoms. The number of oxazole rings is 1. The molecule has 0 saturated heterocycles. The summed E-state index contributed by atoms with van der Waals surface area (Å²) in [7, 11) is -4.10. The fraction of sp³-hybridized carbons (Fsp3) is 0.367. The molecule has 13 nitrogen and oxygen atoms in total. The number of carbonyl (C=O) groups excluding carboxylic acids is 3. The van der Waals surface area contributed by atoms with E-state index in [9.17, 15) is 22.8 Å². The van der Waals surface area contributed by atoms with Crippen molar-refractivity contribution in [2.75, 3.05) is 6.54 Å². The molecule has 0 aliphatic carbocycles. The van der Waals surface area contributed by atoms with Crippen LogP contribution in [0.3, 0.4) is 0 Å². The third-order valence-corrected chi connectivity index (χ3v) is 10.4. The minimum absolute atomic E-state index is 0.0329. The Balaban J connectivity index is 1.35. The highest BCUT2D eigenvalue weighted by Gasteiger charge is 2.30. The maximum Gasteiger partial charge on any atom is 0.273 e. The lowest BCUT2D eigenvalue weighted by molar-refractivity contribution is -0.124. The molecule has 0 unspecified atom stereocenters. The number of aryl methyl sites for hydroxylation is 2. The molecule has 45 heavy (non-hydrogen) atoms. The fourth-order valence-electron chi connectivity index (χ4n) is 4.99. The van der Waals surface area contributed by atoms with Gasteiger partial charge < -0.3 is 24.9 Å². The molecule has 0 radical (unpaired) electrons. The van der Waals surface area contributed by atoms with Gasteiger partial charge in [-0.25, -0.2) is 13.4 Å². The zero-order chi connectivity index (χ0) is 32.1. The number of sulfonamides is 1. The van der Waals surface area contributed by atoms with Gasteiger partial charge in [-0.2, -0.15) is 4.72 Å². The SMILES string of the molecule is Cc1noc(C)c1-c1ccc(S(=O)(=O)N[C@H]2CCCCNC(=O)[C@H](Cc3ccccc3)NC(=O)c3coc(n3)[C@H](C)NC2=O)s1. The first-order valence-electron chi connectivity index (χ1n) is 14.5. The van der Waals surface area contributed by atoms with Crippen LogP contribution in [0.15, 0.2) is 61.9 Å². The van der Waals surface area contributed by atoms with Gasteiger partial charge in [-0.3, -0.25) is 14.4 Å². The highest BCUT2D eigenvalue weighted by atomic mass is 32.2. The quantitative estimate of drug-likeness (QED) is 0.242. The number of aromatic nitrogens is 2. The van der Waals surface area contributed by atoms with Gasteiger partial charge in [-0.15, -0.1) is 11.3 Å². The Labute approximate surface area is 264 Å². The summed E-state index contributed by atoms with van der Waals surface area (Å²) < 4.78 is 40.2. The van der Waals surface area contributed by atoms with Crippen molar-refractivity contribution < 1.29 is 31.7 Å². The standard InChI is InChI=1S/C30H34N6O7S2/c1-17-26(19(3)43-35-17)24-12-13-25(44-24)45(40,41)36-21-11-7-8-14-31-27(37)22(15-20-9-5-4-6-10-20)33-29(39)23-16-42-30(34-23)18(2)32-28(21)38/h4-6,9-10,12-13,16,18,21-22,36H,7-8,11,14-15H2,1-3H3,(H,31,37)(H,32,38)(H,33,39)/t18-,21-,22-/m0/s1. The number of thiophene rings is 1. The summed E-state index contributed by atoms with van der Waals surface area (Å²) in [6.45, 7) is 5.40. The summed E-state index contributed by atoms with van der Waals surface area (Å²) in [6, 6.07) is 9.68. The molecule has 5 rings (SSSR count). The number of fused-ring (bicyclic) bond motifs is 2. The minimum Gasteiger partial charge on any atom is -0.446 e. The molecule has 4 aromatic rings. The van der Waals surface area contributed by atoms with Crippen LogP contribution >= 0.6 is 11.3 Å². The molecule has 3 aromatic heterocycles. The van der Waals surface area contributed by atoms with Gasteiger partial charge in [-0.05, 0) is 57.7 Å². The van der Waals surface area contributed by atoms with Gasteiger partial charge in [0.15, 0.2) is 5.69 Å². The molecule has 1 aliphatic heterocycles. The second-order valence-electron chi connectivity index (χ2n) is 10.8. The lowest BCUT2D eigenvalue weighted by Gasteiger charge is -2.21. The molecule has 0 saturated carbocycles. The van der Waals surface area contributed by atoms with Crippen LogP contribution in [-0.4, -0.2) is 54.9 Å². The van der Waals surface area contributed by atoms with Gasteiger partial charge >= 0.3 is 0 Å². The molecule has 2 bridgehead atoms. The van der Waals surface area contributed by atoms with Crippen molar-refractivity contribution in [3.63, 3.8) is 0 Å². The van der Waals surface area contributed by atoms with Crippen molar-refractivity contribution in [3.8, 4) is 10.4 Å². The zero-order valence-electron chi connectivity index (χ0n) is 25.0. The van der Waals surface area contributed by atoms with E-state index in [1.165, 1.54) is 6.07 Å². The Morgan fingerprint density at radius 1 is 1.02 bits per heavy atom. The maximum atomic E-state index is 13.5. The highest BCUT2D eigenvalue weighted by Crippen LogP contribution is 2.34. The van der Waals surface area contributed by atoms with Crippen molar-refractivity contribution in [1.29, 1.82) is 0 Å². The molecule has 1 aromatic carbocycles. The third-order valence-electron chi connectivity index (χ3n) is 7.35. The van der Waals surface area contributed by atoms with E-state index >= 15 is 0 Å². The number of nitrogens with zero attached hydrogens (tertiary/aromatic N) is 2. The summed E-state index contributed by atoms with van der Waals surface area (Å²) in [5.41, 5.74) is 2.17. The molecule has 3 atom stereocenters. The third kappa shape index (κ3) is 7.67. The molecule has 238 valence electrons. The molecule has 4 heterocycles. The highest BCUT2D eigenvalue weighted by molar-refractivity contribution is 7.91. The fourth-order valence-corrected chi connectivity index (χ4v) is 7.69. The van der Waals surface area contributed by atoms with E-state index in [1.807, 2.05) is 30.3 Å². The molecular formula is C30H34N6O7S2. The number of rotatable bonds is 6. The Hall–Kier alpha value is -4.34. The average Bonchev–Trinajstić information content (AvgIpc) is 3.76. The summed E-state index contributed by atoms with van der Waals surface area (Å²) in [5, 5.41) is 12.3. The Kier molecular flexibility index (Phi) is 9.80. The van der Waals surface area contributed by atoms with Crippen LogP contribution in [-0.2, 0) is 26.0 Å². The van der Waals surface area contributed by atoms with Gasteiger partial charge in [-0.1, -0.05) is 35.5 Å². The van der Waals surface area contributed by atoms with E-state index < -0.39 is 40.0 Å². The first-order chi connectivity index (χ1) is 21.5. The van der Waals surface area contributed by atoms with Crippen LogP contribution in [0.2, 0.25) is 0 Å². The lowest BCUT2D eigenvalue weighted by Crippen LogP contribution is -2.49. The topological polar surface area (TPSA) is 186 Å². The molecule has 15 heteroatoms. The zero-order valence-corrected chi connectivity index (χ0v) is 26.6. The Morgan fingerprint density at radius 2 is 1.80 bits per heavy atom. The summed E-state index contributed by atoms with van der Waals surface area (Å²) in [5.74, 6) is -0.948. The Morgan fingerprint density at radius 3 is 2.53 bits per heavy atom. The molecular weight excluding hydrogens is 620 g/mol. The predicted octanol–water partition coefficient (Wildman–Crippen LogP) is 3.17. The number of amides is 3. The molecule has 3 amide bonds. The lowest BCUT2D eigenvalue weighted by atomic mass is 10.0. The molecule has 4 N–H and O–H groups in total. The van der Waals surface area contributed by atoms with Crippen molar-refractivity contribution in [1.82, 2.24) is 30.8 Å². The average molecular weight is 655 g/mol. The number of benzene rings is 1. The van der Waals surface area contributed by atoms with E-state index in [1.54, 1.807) is 26.8 Å². The monoisotopic (exact) mass is 654 g/mol. The van der Waals surface area contributed by atoms with Gasteiger partial charge in [0, 0.05) is 17.8 Å². The summed E-state index contributed by atoms with van der Waals surface area (Å²) >= 11 is 1.05. The van der Waals surface area contributed by atoms with E-state index in [0.717, 1.165) is 28.7 Å². The molecule has 0 fully saturated rings. The van der Waals surface area contributed by atoms with Crippen molar-refractivity contribution in [2.45, 2.75) is 68.8 Å². The van der Waals surface area contributed by atoms with Crippen LogP contribution in [0.25, 0.3) is 10.4 Å².